The van der Waals surface area contributed by atoms with Crippen LogP contribution in [-0.2, 0) is 9.53 Å². The van der Waals surface area contributed by atoms with Crippen LogP contribution in [0.5, 0.6) is 11.5 Å². The minimum atomic E-state index is -1.22. The summed E-state index contributed by atoms with van der Waals surface area (Å²) >= 11 is 0. The molecule has 2 atom stereocenters. The molecule has 1 aromatic carbocycles. The molecule has 1 aromatic rings. The van der Waals surface area contributed by atoms with Gasteiger partial charge < -0.3 is 29.5 Å². The number of nitrogens with zero attached hydrogens (tertiary/aromatic N) is 1. The number of ether oxygens (including phenoxy) is 3. The van der Waals surface area contributed by atoms with Crippen molar-refractivity contribution in [3.05, 3.63) is 23.8 Å². The average molecular weight is 421 g/mol. The van der Waals surface area contributed by atoms with Gasteiger partial charge in [-0.1, -0.05) is 19.9 Å². The molecule has 0 saturated carbocycles. The first-order valence-corrected chi connectivity index (χ1v) is 10.8. The quantitative estimate of drug-likeness (QED) is 0.598. The zero-order valence-electron chi connectivity index (χ0n) is 18.9. The van der Waals surface area contributed by atoms with Gasteiger partial charge in [0.1, 0.15) is 6.10 Å². The lowest BCUT2D eigenvalue weighted by atomic mass is 9.74. The van der Waals surface area contributed by atoms with E-state index >= 15 is 0 Å². The lowest BCUT2D eigenvalue weighted by Gasteiger charge is -2.31. The summed E-state index contributed by atoms with van der Waals surface area (Å²) in [7, 11) is 1.66. The largest absolute Gasteiger partial charge is 0.493 e. The van der Waals surface area contributed by atoms with E-state index in [0.717, 1.165) is 31.0 Å². The molecule has 2 saturated heterocycles. The van der Waals surface area contributed by atoms with Crippen molar-refractivity contribution in [2.75, 3.05) is 39.9 Å². The van der Waals surface area contributed by atoms with Crippen LogP contribution in [-0.4, -0.2) is 67.7 Å². The van der Waals surface area contributed by atoms with Crippen LogP contribution < -0.4 is 14.8 Å². The maximum Gasteiger partial charge on any atom is 0.224 e. The van der Waals surface area contributed by atoms with E-state index in [1.165, 1.54) is 5.56 Å². The number of benzene rings is 1. The highest BCUT2D eigenvalue weighted by atomic mass is 16.6. The van der Waals surface area contributed by atoms with Crippen molar-refractivity contribution in [1.82, 2.24) is 10.2 Å². The summed E-state index contributed by atoms with van der Waals surface area (Å²) in [5, 5.41) is 12.9. The van der Waals surface area contributed by atoms with Gasteiger partial charge in [0, 0.05) is 32.1 Å². The Morgan fingerprint density at radius 1 is 1.33 bits per heavy atom. The SMILES string of the molecule is CCC1(C)CN(C(=O)CCOC(C)(C)O)C[C@H]1c1ccc(OC)c(OC2CNC2)c1. The molecule has 0 aliphatic carbocycles. The van der Waals surface area contributed by atoms with Gasteiger partial charge in [-0.2, -0.15) is 0 Å². The van der Waals surface area contributed by atoms with Gasteiger partial charge >= 0.3 is 0 Å². The predicted octanol–water partition coefficient (Wildman–Crippen LogP) is 2.52. The molecule has 7 heteroatoms. The zero-order valence-corrected chi connectivity index (χ0v) is 18.9. The van der Waals surface area contributed by atoms with Crippen molar-refractivity contribution in [2.24, 2.45) is 5.41 Å². The number of nitrogens with one attached hydrogen (secondary N) is 1. The third-order valence-corrected chi connectivity index (χ3v) is 6.36. The van der Waals surface area contributed by atoms with Crippen LogP contribution in [0.2, 0.25) is 0 Å². The van der Waals surface area contributed by atoms with Crippen LogP contribution in [0.1, 0.15) is 52.0 Å². The van der Waals surface area contributed by atoms with Crippen molar-refractivity contribution in [3.8, 4) is 11.5 Å². The first kappa shape index (κ1) is 22.8. The fourth-order valence-corrected chi connectivity index (χ4v) is 4.18. The highest BCUT2D eigenvalue weighted by molar-refractivity contribution is 5.77. The summed E-state index contributed by atoms with van der Waals surface area (Å²) in [5.41, 5.74) is 1.15. The molecular weight excluding hydrogens is 384 g/mol. The van der Waals surface area contributed by atoms with E-state index in [2.05, 4.69) is 31.3 Å². The number of hydrogen-bond acceptors (Lipinski definition) is 6. The molecule has 168 valence electrons. The van der Waals surface area contributed by atoms with E-state index in [1.807, 2.05) is 11.0 Å². The number of hydrogen-bond donors (Lipinski definition) is 2. The summed E-state index contributed by atoms with van der Waals surface area (Å²) in [4.78, 5) is 14.7. The van der Waals surface area contributed by atoms with Gasteiger partial charge in [-0.3, -0.25) is 4.79 Å². The number of likely N-dealkylation sites (tertiary alicyclic amines) is 1. The topological polar surface area (TPSA) is 80.3 Å². The van der Waals surface area contributed by atoms with Gasteiger partial charge in [-0.05, 0) is 43.4 Å². The van der Waals surface area contributed by atoms with E-state index in [0.29, 0.717) is 13.1 Å². The van der Waals surface area contributed by atoms with Gasteiger partial charge in [0.25, 0.3) is 0 Å². The molecule has 2 fully saturated rings. The van der Waals surface area contributed by atoms with E-state index in [9.17, 15) is 9.90 Å². The predicted molar refractivity (Wildman–Crippen MR) is 115 cm³/mol. The first-order valence-electron chi connectivity index (χ1n) is 10.8. The molecule has 0 bridgehead atoms. The van der Waals surface area contributed by atoms with Crippen LogP contribution in [0, 0.1) is 5.41 Å². The van der Waals surface area contributed by atoms with Gasteiger partial charge in [0.2, 0.25) is 5.91 Å². The molecule has 0 spiro atoms. The van der Waals surface area contributed by atoms with Crippen LogP contribution in [0.3, 0.4) is 0 Å². The minimum absolute atomic E-state index is 0.0172. The standard InChI is InChI=1S/C23H36N2O5/c1-6-23(4)15-25(21(26)9-10-29-22(2,3)27)14-18(23)16-7-8-19(28-5)20(11-16)30-17-12-24-13-17/h7-8,11,17-18,24,27H,6,9-10,12-15H2,1-5H3/t18-,23?/m0/s1. The first-order chi connectivity index (χ1) is 14.1. The third-order valence-electron chi connectivity index (χ3n) is 6.36. The second-order valence-electron chi connectivity index (χ2n) is 9.19. The molecule has 2 N–H and O–H groups in total. The summed E-state index contributed by atoms with van der Waals surface area (Å²) in [6.07, 6.45) is 1.41. The van der Waals surface area contributed by atoms with Crippen molar-refractivity contribution >= 4 is 5.91 Å². The summed E-state index contributed by atoms with van der Waals surface area (Å²) in [6.45, 7) is 10.9. The van der Waals surface area contributed by atoms with Crippen LogP contribution in [0.4, 0.5) is 0 Å². The Hall–Kier alpha value is -1.83. The summed E-state index contributed by atoms with van der Waals surface area (Å²) < 4.78 is 16.9. The number of methoxy groups -OCH3 is 1. The molecule has 0 radical (unpaired) electrons. The second-order valence-corrected chi connectivity index (χ2v) is 9.19. The highest BCUT2D eigenvalue weighted by Crippen LogP contribution is 2.47. The molecule has 0 aromatic heterocycles. The molecule has 1 amide bonds. The van der Waals surface area contributed by atoms with Gasteiger partial charge in [0.05, 0.1) is 20.1 Å². The number of amides is 1. The Balaban J connectivity index is 1.73. The van der Waals surface area contributed by atoms with Gasteiger partial charge in [0.15, 0.2) is 17.3 Å². The molecule has 30 heavy (non-hydrogen) atoms. The number of carbonyl (C=O) groups excluding carboxylic acids is 1. The molecule has 3 rings (SSSR count). The van der Waals surface area contributed by atoms with E-state index in [1.54, 1.807) is 21.0 Å². The van der Waals surface area contributed by atoms with Crippen molar-refractivity contribution in [2.45, 2.75) is 58.3 Å². The van der Waals surface area contributed by atoms with Crippen molar-refractivity contribution < 1.29 is 24.1 Å². The number of aliphatic hydroxyl groups is 1. The molecule has 2 aliphatic heterocycles. The van der Waals surface area contributed by atoms with Gasteiger partial charge in [-0.25, -0.2) is 0 Å². The second kappa shape index (κ2) is 9.12. The maximum absolute atomic E-state index is 12.8. The van der Waals surface area contributed by atoms with E-state index < -0.39 is 5.79 Å². The van der Waals surface area contributed by atoms with Crippen LogP contribution >= 0.6 is 0 Å². The maximum atomic E-state index is 12.8. The number of carbonyl (C=O) groups is 1. The van der Waals surface area contributed by atoms with Crippen LogP contribution in [0.15, 0.2) is 18.2 Å². The Morgan fingerprint density at radius 3 is 2.63 bits per heavy atom. The normalized spacial score (nSPS) is 24.6. The smallest absolute Gasteiger partial charge is 0.224 e. The fraction of sp³-hybridized carbons (Fsp3) is 0.696. The Bertz CT molecular complexity index is 744. The third kappa shape index (κ3) is 5.25. The Labute approximate surface area is 179 Å². The lowest BCUT2D eigenvalue weighted by molar-refractivity contribution is -0.178. The average Bonchev–Trinajstić information content (AvgIpc) is 3.02. The molecule has 2 heterocycles. The minimum Gasteiger partial charge on any atom is -0.493 e. The molecular formula is C23H36N2O5. The summed E-state index contributed by atoms with van der Waals surface area (Å²) in [6, 6.07) is 6.14. The Kier molecular flexibility index (Phi) is 6.95. The monoisotopic (exact) mass is 420 g/mol. The number of rotatable bonds is 9. The molecule has 2 aliphatic rings. The zero-order chi connectivity index (χ0) is 21.9. The van der Waals surface area contributed by atoms with Crippen LogP contribution in [0.25, 0.3) is 0 Å². The fourth-order valence-electron chi connectivity index (χ4n) is 4.18. The molecule has 7 nitrogen and oxygen atoms in total. The lowest BCUT2D eigenvalue weighted by Crippen LogP contribution is -2.50. The van der Waals surface area contributed by atoms with Crippen molar-refractivity contribution in [1.29, 1.82) is 0 Å². The summed E-state index contributed by atoms with van der Waals surface area (Å²) in [5.74, 6) is 0.560. The van der Waals surface area contributed by atoms with E-state index in [-0.39, 0.29) is 36.4 Å². The van der Waals surface area contributed by atoms with Gasteiger partial charge in [-0.15, -0.1) is 0 Å². The molecule has 1 unspecified atom stereocenters. The Morgan fingerprint density at radius 2 is 2.07 bits per heavy atom. The van der Waals surface area contributed by atoms with Crippen molar-refractivity contribution in [3.63, 3.8) is 0 Å². The highest BCUT2D eigenvalue weighted by Gasteiger charge is 2.44. The van der Waals surface area contributed by atoms with E-state index in [4.69, 9.17) is 14.2 Å².